The molecule has 3 heterocycles. The maximum atomic E-state index is 13.6. The molecule has 39 heavy (non-hydrogen) atoms. The fourth-order valence-electron chi connectivity index (χ4n) is 6.10. The number of anilines is 1. The number of rotatable bonds is 7. The zero-order valence-corrected chi connectivity index (χ0v) is 22.5. The number of fused-ring (bicyclic) bond motifs is 1. The first kappa shape index (κ1) is 25.4. The third-order valence-electron chi connectivity index (χ3n) is 8.17. The molecule has 1 atom stereocenters. The first-order valence-electron chi connectivity index (χ1n) is 13.8. The minimum absolute atomic E-state index is 0.133. The summed E-state index contributed by atoms with van der Waals surface area (Å²) in [5, 5.41) is 14.1. The highest BCUT2D eigenvalue weighted by Gasteiger charge is 2.34. The lowest BCUT2D eigenvalue weighted by Crippen LogP contribution is -2.49. The van der Waals surface area contributed by atoms with Gasteiger partial charge in [-0.1, -0.05) is 31.4 Å². The molecular weight excluding hydrogens is 494 g/mol. The Bertz CT molecular complexity index is 1490. The number of pyridine rings is 1. The Hall–Kier alpha value is -3.92. The summed E-state index contributed by atoms with van der Waals surface area (Å²) in [6, 6.07) is 15.7. The highest BCUT2D eigenvalue weighted by molar-refractivity contribution is 5.80. The van der Waals surface area contributed by atoms with Gasteiger partial charge in [0.25, 0.3) is 5.56 Å². The third-order valence-corrected chi connectivity index (χ3v) is 8.17. The van der Waals surface area contributed by atoms with Gasteiger partial charge < -0.3 is 19.4 Å². The zero-order chi connectivity index (χ0) is 26.8. The maximum absolute atomic E-state index is 13.6. The van der Waals surface area contributed by atoms with Gasteiger partial charge in [-0.3, -0.25) is 9.69 Å². The Kier molecular flexibility index (Phi) is 7.19. The van der Waals surface area contributed by atoms with Crippen LogP contribution in [0.3, 0.4) is 0 Å². The summed E-state index contributed by atoms with van der Waals surface area (Å²) < 4.78 is 13.0. The zero-order valence-electron chi connectivity index (χ0n) is 22.5. The van der Waals surface area contributed by atoms with Crippen molar-refractivity contribution in [3.63, 3.8) is 0 Å². The summed E-state index contributed by atoms with van der Waals surface area (Å²) in [5.74, 6) is 2.31. The first-order valence-corrected chi connectivity index (χ1v) is 13.8. The van der Waals surface area contributed by atoms with Crippen molar-refractivity contribution >= 4 is 16.6 Å². The van der Waals surface area contributed by atoms with Gasteiger partial charge in [0.05, 0.1) is 31.5 Å². The average Bonchev–Trinajstić information content (AvgIpc) is 3.47. The third kappa shape index (κ3) is 4.96. The SMILES string of the molecule is COc1ccc2cc(C(c3nnnn3C3CCCCC3)N3CCN(c4ccccc4OC)CC3)c(=O)[nH]c2c1. The van der Waals surface area contributed by atoms with Crippen LogP contribution >= 0.6 is 0 Å². The van der Waals surface area contributed by atoms with Crippen molar-refractivity contribution in [2.45, 2.75) is 44.2 Å². The molecule has 10 nitrogen and oxygen atoms in total. The molecule has 2 aliphatic rings. The number of aromatic amines is 1. The van der Waals surface area contributed by atoms with Crippen LogP contribution in [0.25, 0.3) is 10.9 Å². The van der Waals surface area contributed by atoms with Crippen LogP contribution < -0.4 is 19.9 Å². The molecule has 0 amide bonds. The molecule has 10 heteroatoms. The van der Waals surface area contributed by atoms with E-state index in [-0.39, 0.29) is 17.6 Å². The molecule has 1 saturated carbocycles. The number of methoxy groups -OCH3 is 2. The molecule has 2 fully saturated rings. The second kappa shape index (κ2) is 11.1. The van der Waals surface area contributed by atoms with Gasteiger partial charge in [0.15, 0.2) is 5.82 Å². The predicted molar refractivity (Wildman–Crippen MR) is 150 cm³/mol. The molecule has 1 N–H and O–H groups in total. The molecule has 2 aromatic carbocycles. The highest BCUT2D eigenvalue weighted by atomic mass is 16.5. The minimum atomic E-state index is -0.364. The number of nitrogens with zero attached hydrogens (tertiary/aromatic N) is 6. The summed E-state index contributed by atoms with van der Waals surface area (Å²) in [6.07, 6.45) is 5.70. The summed E-state index contributed by atoms with van der Waals surface area (Å²) >= 11 is 0. The molecule has 1 aliphatic heterocycles. The lowest BCUT2D eigenvalue weighted by atomic mass is 9.95. The van der Waals surface area contributed by atoms with E-state index in [0.717, 1.165) is 67.2 Å². The number of hydrogen-bond donors (Lipinski definition) is 1. The standard InChI is InChI=1S/C29H35N7O3/c1-38-22-13-12-20-18-23(29(37)30-24(20)19-22)27(28-31-32-33-36(28)21-8-4-3-5-9-21)35-16-14-34(15-17-35)25-10-6-7-11-26(25)39-2/h6-7,10-13,18-19,21,27H,3-5,8-9,14-17H2,1-2H3,(H,30,37). The molecule has 6 rings (SSSR count). The van der Waals surface area contributed by atoms with E-state index in [1.54, 1.807) is 14.2 Å². The predicted octanol–water partition coefficient (Wildman–Crippen LogP) is 3.95. The van der Waals surface area contributed by atoms with Crippen molar-refractivity contribution in [1.82, 2.24) is 30.1 Å². The second-order valence-corrected chi connectivity index (χ2v) is 10.4. The minimum Gasteiger partial charge on any atom is -0.497 e. The fourth-order valence-corrected chi connectivity index (χ4v) is 6.10. The second-order valence-electron chi connectivity index (χ2n) is 10.4. The van der Waals surface area contributed by atoms with Gasteiger partial charge in [-0.05, 0) is 59.0 Å². The van der Waals surface area contributed by atoms with Crippen molar-refractivity contribution < 1.29 is 9.47 Å². The van der Waals surface area contributed by atoms with Crippen LogP contribution in [-0.4, -0.2) is 70.5 Å². The molecular formula is C29H35N7O3. The number of ether oxygens (including phenoxy) is 2. The summed E-state index contributed by atoms with van der Waals surface area (Å²) in [6.45, 7) is 3.09. The van der Waals surface area contributed by atoms with Gasteiger partial charge in [0.1, 0.15) is 17.5 Å². The number of tetrazole rings is 1. The fraction of sp³-hybridized carbons (Fsp3) is 0.448. The van der Waals surface area contributed by atoms with E-state index in [1.807, 2.05) is 47.1 Å². The molecule has 1 unspecified atom stereocenters. The molecule has 204 valence electrons. The molecule has 2 aromatic heterocycles. The van der Waals surface area contributed by atoms with E-state index >= 15 is 0 Å². The number of hydrogen-bond acceptors (Lipinski definition) is 8. The van der Waals surface area contributed by atoms with E-state index < -0.39 is 0 Å². The topological polar surface area (TPSA) is 101 Å². The Labute approximate surface area is 227 Å². The van der Waals surface area contributed by atoms with Crippen LogP contribution in [0.2, 0.25) is 0 Å². The van der Waals surface area contributed by atoms with Gasteiger partial charge in [-0.25, -0.2) is 4.68 Å². The number of piperazine rings is 1. The number of benzene rings is 2. The van der Waals surface area contributed by atoms with Crippen molar-refractivity contribution in [1.29, 1.82) is 0 Å². The van der Waals surface area contributed by atoms with Gasteiger partial charge in [-0.2, -0.15) is 0 Å². The highest BCUT2D eigenvalue weighted by Crippen LogP contribution is 2.35. The van der Waals surface area contributed by atoms with E-state index in [1.165, 1.54) is 19.3 Å². The molecule has 0 spiro atoms. The Morgan fingerprint density at radius 3 is 2.51 bits per heavy atom. The van der Waals surface area contributed by atoms with E-state index in [2.05, 4.69) is 36.4 Å². The summed E-state index contributed by atoms with van der Waals surface area (Å²) in [7, 11) is 3.33. The van der Waals surface area contributed by atoms with Crippen LogP contribution in [0, 0.1) is 0 Å². The van der Waals surface area contributed by atoms with Crippen molar-refractivity contribution in [3.05, 3.63) is 70.3 Å². The quantitative estimate of drug-likeness (QED) is 0.384. The van der Waals surface area contributed by atoms with Gasteiger partial charge in [-0.15, -0.1) is 5.10 Å². The normalized spacial score (nSPS) is 17.8. The summed E-state index contributed by atoms with van der Waals surface area (Å²) in [4.78, 5) is 21.4. The van der Waals surface area contributed by atoms with E-state index in [9.17, 15) is 4.79 Å². The van der Waals surface area contributed by atoms with Crippen LogP contribution in [0.1, 0.15) is 55.6 Å². The van der Waals surface area contributed by atoms with Crippen LogP contribution in [-0.2, 0) is 0 Å². The van der Waals surface area contributed by atoms with Crippen LogP contribution in [0.4, 0.5) is 5.69 Å². The first-order chi connectivity index (χ1) is 19.2. The Morgan fingerprint density at radius 1 is 0.949 bits per heavy atom. The molecule has 0 bridgehead atoms. The molecule has 0 radical (unpaired) electrons. The number of aromatic nitrogens is 5. The monoisotopic (exact) mass is 529 g/mol. The number of H-pyrrole nitrogens is 1. The van der Waals surface area contributed by atoms with Crippen molar-refractivity contribution in [3.8, 4) is 11.5 Å². The Morgan fingerprint density at radius 2 is 1.74 bits per heavy atom. The lowest BCUT2D eigenvalue weighted by Gasteiger charge is -2.40. The Balaban J connectivity index is 1.38. The van der Waals surface area contributed by atoms with Crippen LogP contribution in [0.15, 0.2) is 53.3 Å². The van der Waals surface area contributed by atoms with Crippen molar-refractivity contribution in [2.24, 2.45) is 0 Å². The average molecular weight is 530 g/mol. The van der Waals surface area contributed by atoms with Gasteiger partial charge in [0.2, 0.25) is 0 Å². The lowest BCUT2D eigenvalue weighted by molar-refractivity contribution is 0.192. The number of para-hydroxylation sites is 2. The van der Waals surface area contributed by atoms with Gasteiger partial charge >= 0.3 is 0 Å². The van der Waals surface area contributed by atoms with Crippen molar-refractivity contribution in [2.75, 3.05) is 45.3 Å². The maximum Gasteiger partial charge on any atom is 0.253 e. The smallest absolute Gasteiger partial charge is 0.253 e. The van der Waals surface area contributed by atoms with Gasteiger partial charge in [0, 0.05) is 37.8 Å². The number of nitrogens with one attached hydrogen (secondary N) is 1. The van der Waals surface area contributed by atoms with E-state index in [4.69, 9.17) is 9.47 Å². The van der Waals surface area contributed by atoms with E-state index in [0.29, 0.717) is 11.3 Å². The largest absolute Gasteiger partial charge is 0.497 e. The molecule has 1 saturated heterocycles. The molecule has 4 aromatic rings. The summed E-state index contributed by atoms with van der Waals surface area (Å²) in [5.41, 5.74) is 2.35. The van der Waals surface area contributed by atoms with Crippen LogP contribution in [0.5, 0.6) is 11.5 Å². The molecule has 1 aliphatic carbocycles.